The zero-order valence-electron chi connectivity index (χ0n) is 18.4. The number of esters is 2. The van der Waals surface area contributed by atoms with Crippen molar-refractivity contribution in [2.45, 2.75) is 77.1 Å². The van der Waals surface area contributed by atoms with E-state index in [0.717, 1.165) is 5.56 Å². The number of hydrogen-bond donors (Lipinski definition) is 3. The lowest BCUT2D eigenvalue weighted by Crippen LogP contribution is -2.64. The Balaban J connectivity index is 2.35. The van der Waals surface area contributed by atoms with Crippen LogP contribution >= 0.6 is 0 Å². The summed E-state index contributed by atoms with van der Waals surface area (Å²) in [6, 6.07) is 3.43. The molecule has 3 rings (SSSR count). The number of aromatic hydroxyl groups is 1. The highest BCUT2D eigenvalue weighted by Gasteiger charge is 2.66. The number of hydrogen-bond acceptors (Lipinski definition) is 7. The van der Waals surface area contributed by atoms with E-state index in [0.29, 0.717) is 24.0 Å². The highest BCUT2D eigenvalue weighted by molar-refractivity contribution is 5.78. The molecule has 166 valence electrons. The molecule has 0 saturated heterocycles. The summed E-state index contributed by atoms with van der Waals surface area (Å²) in [5.41, 5.74) is -0.651. The first-order valence-corrected chi connectivity index (χ1v) is 10.4. The summed E-state index contributed by atoms with van der Waals surface area (Å²) in [6.07, 6.45) is -2.67. The maximum atomic E-state index is 12.9. The molecule has 1 fully saturated rings. The van der Waals surface area contributed by atoms with Gasteiger partial charge in [-0.05, 0) is 42.9 Å². The molecule has 30 heavy (non-hydrogen) atoms. The molecule has 0 aromatic heterocycles. The number of carbonyl (C=O) groups is 2. The van der Waals surface area contributed by atoms with Gasteiger partial charge in [0.1, 0.15) is 18.0 Å². The molecular weight excluding hydrogens is 388 g/mol. The lowest BCUT2D eigenvalue weighted by atomic mass is 9.47. The lowest BCUT2D eigenvalue weighted by molar-refractivity contribution is -0.199. The summed E-state index contributed by atoms with van der Waals surface area (Å²) in [5, 5.41) is 33.5. The van der Waals surface area contributed by atoms with Crippen LogP contribution in [0.5, 0.6) is 5.75 Å². The predicted molar refractivity (Wildman–Crippen MR) is 109 cm³/mol. The van der Waals surface area contributed by atoms with E-state index in [-0.39, 0.29) is 11.7 Å². The molecule has 0 heterocycles. The first-order chi connectivity index (χ1) is 13.9. The first kappa shape index (κ1) is 22.6. The van der Waals surface area contributed by atoms with Crippen molar-refractivity contribution in [3.8, 4) is 5.75 Å². The second-order valence-electron chi connectivity index (χ2n) is 9.40. The van der Waals surface area contributed by atoms with Gasteiger partial charge < -0.3 is 24.8 Å². The molecule has 6 atom stereocenters. The third-order valence-electron chi connectivity index (χ3n) is 7.25. The van der Waals surface area contributed by atoms with E-state index < -0.39 is 47.0 Å². The fourth-order valence-corrected chi connectivity index (χ4v) is 5.76. The molecule has 1 aromatic rings. The molecule has 7 heteroatoms. The summed E-state index contributed by atoms with van der Waals surface area (Å²) in [7, 11) is 1.29. The Labute approximate surface area is 177 Å². The molecule has 0 bridgehead atoms. The van der Waals surface area contributed by atoms with E-state index in [1.54, 1.807) is 26.0 Å². The van der Waals surface area contributed by atoms with Gasteiger partial charge in [-0.15, -0.1) is 0 Å². The predicted octanol–water partition coefficient (Wildman–Crippen LogP) is 2.70. The number of benzene rings is 1. The Morgan fingerprint density at radius 2 is 1.83 bits per heavy atom. The van der Waals surface area contributed by atoms with Crippen molar-refractivity contribution in [2.75, 3.05) is 7.11 Å². The van der Waals surface area contributed by atoms with Crippen LogP contribution in [0.15, 0.2) is 12.1 Å². The topological polar surface area (TPSA) is 113 Å². The Kier molecular flexibility index (Phi) is 5.67. The largest absolute Gasteiger partial charge is 0.508 e. The molecule has 6 unspecified atom stereocenters. The smallest absolute Gasteiger partial charge is 0.311 e. The van der Waals surface area contributed by atoms with E-state index in [2.05, 4.69) is 0 Å². The van der Waals surface area contributed by atoms with Crippen LogP contribution in [0.4, 0.5) is 0 Å². The highest BCUT2D eigenvalue weighted by Crippen LogP contribution is 2.62. The molecule has 0 radical (unpaired) electrons. The van der Waals surface area contributed by atoms with Crippen molar-refractivity contribution < 1.29 is 34.4 Å². The minimum atomic E-state index is -1.26. The van der Waals surface area contributed by atoms with Gasteiger partial charge in [0.2, 0.25) is 0 Å². The van der Waals surface area contributed by atoms with Crippen LogP contribution in [0, 0.1) is 11.3 Å². The maximum Gasteiger partial charge on any atom is 0.311 e. The molecule has 0 aliphatic heterocycles. The Morgan fingerprint density at radius 1 is 1.20 bits per heavy atom. The number of carbonyl (C=O) groups excluding carboxylic acids is 2. The van der Waals surface area contributed by atoms with Gasteiger partial charge in [-0.1, -0.05) is 26.8 Å². The van der Waals surface area contributed by atoms with E-state index >= 15 is 0 Å². The summed E-state index contributed by atoms with van der Waals surface area (Å²) < 4.78 is 10.7. The normalized spacial score (nSPS) is 35.4. The van der Waals surface area contributed by atoms with Crippen molar-refractivity contribution in [2.24, 2.45) is 11.3 Å². The minimum Gasteiger partial charge on any atom is -0.508 e. The van der Waals surface area contributed by atoms with Crippen molar-refractivity contribution in [3.63, 3.8) is 0 Å². The van der Waals surface area contributed by atoms with Crippen molar-refractivity contribution in [1.82, 2.24) is 0 Å². The number of ether oxygens (including phenoxy) is 2. The average Bonchev–Trinajstić information content (AvgIpc) is 2.67. The molecular formula is C23H32O7. The third-order valence-corrected chi connectivity index (χ3v) is 7.25. The molecule has 3 N–H and O–H groups in total. The van der Waals surface area contributed by atoms with Gasteiger partial charge in [-0.2, -0.15) is 0 Å². The number of rotatable bonds is 3. The van der Waals surface area contributed by atoms with Gasteiger partial charge in [0, 0.05) is 23.8 Å². The van der Waals surface area contributed by atoms with Gasteiger partial charge in [0.15, 0.2) is 0 Å². The van der Waals surface area contributed by atoms with Crippen LogP contribution in [-0.4, -0.2) is 46.6 Å². The summed E-state index contributed by atoms with van der Waals surface area (Å²) in [5.74, 6) is -1.86. The Bertz CT molecular complexity index is 863. The second-order valence-corrected chi connectivity index (χ2v) is 9.40. The van der Waals surface area contributed by atoms with E-state index in [9.17, 15) is 24.9 Å². The van der Waals surface area contributed by atoms with Gasteiger partial charge in [-0.3, -0.25) is 9.59 Å². The maximum absolute atomic E-state index is 12.9. The minimum absolute atomic E-state index is 0.0443. The Morgan fingerprint density at radius 3 is 2.37 bits per heavy atom. The first-order valence-electron chi connectivity index (χ1n) is 10.4. The molecule has 1 aromatic carbocycles. The fraction of sp³-hybridized carbons (Fsp3) is 0.652. The lowest BCUT2D eigenvalue weighted by Gasteiger charge is -2.59. The van der Waals surface area contributed by atoms with E-state index in [1.165, 1.54) is 14.0 Å². The van der Waals surface area contributed by atoms with Crippen LogP contribution in [0.25, 0.3) is 0 Å². The molecule has 0 spiro atoms. The van der Waals surface area contributed by atoms with Crippen molar-refractivity contribution in [3.05, 3.63) is 28.8 Å². The van der Waals surface area contributed by atoms with Crippen LogP contribution in [0.1, 0.15) is 76.2 Å². The summed E-state index contributed by atoms with van der Waals surface area (Å²) in [4.78, 5) is 24.8. The van der Waals surface area contributed by atoms with Crippen molar-refractivity contribution >= 4 is 11.9 Å². The molecule has 2 aliphatic rings. The van der Waals surface area contributed by atoms with E-state index in [1.807, 2.05) is 13.8 Å². The fourth-order valence-electron chi connectivity index (χ4n) is 5.76. The summed E-state index contributed by atoms with van der Waals surface area (Å²) >= 11 is 0. The van der Waals surface area contributed by atoms with Crippen LogP contribution in [-0.2, 0) is 24.5 Å². The zero-order valence-corrected chi connectivity index (χ0v) is 18.4. The van der Waals surface area contributed by atoms with Gasteiger partial charge >= 0.3 is 11.9 Å². The van der Waals surface area contributed by atoms with E-state index in [4.69, 9.17) is 9.47 Å². The number of methoxy groups -OCH3 is 1. The summed E-state index contributed by atoms with van der Waals surface area (Å²) in [6.45, 7) is 8.65. The highest BCUT2D eigenvalue weighted by atomic mass is 16.6. The standard InChI is InChI=1S/C23H32O7/c1-11(2)13-9-14-17(15(25)10-13)23(5)16(26)7-8-22(4,21(28)29-6)20(23)19(18(14)27)30-12(3)24/h9-11,16,18-20,25-27H,7-8H2,1-6H3. The van der Waals surface area contributed by atoms with Crippen LogP contribution < -0.4 is 0 Å². The van der Waals surface area contributed by atoms with Gasteiger partial charge in [-0.25, -0.2) is 0 Å². The molecule has 1 saturated carbocycles. The zero-order chi connectivity index (χ0) is 22.6. The number of phenolic OH excluding ortho intramolecular Hbond substituents is 1. The molecule has 0 amide bonds. The average molecular weight is 421 g/mol. The third kappa shape index (κ3) is 3.10. The SMILES string of the molecule is COC(=O)C1(C)CCC(O)C2(C)c3c(O)cc(C(C)C)cc3C(O)C(OC(C)=O)C12. The Hall–Kier alpha value is -2.12. The second kappa shape index (κ2) is 7.54. The number of aliphatic hydroxyl groups excluding tert-OH is 2. The molecule has 7 nitrogen and oxygen atoms in total. The van der Waals surface area contributed by atoms with Crippen molar-refractivity contribution in [1.29, 1.82) is 0 Å². The van der Waals surface area contributed by atoms with Crippen LogP contribution in [0.2, 0.25) is 0 Å². The van der Waals surface area contributed by atoms with Gasteiger partial charge in [0.05, 0.1) is 18.6 Å². The number of aliphatic hydroxyl groups is 2. The molecule has 2 aliphatic carbocycles. The van der Waals surface area contributed by atoms with Gasteiger partial charge in [0.25, 0.3) is 0 Å². The van der Waals surface area contributed by atoms with Crippen LogP contribution in [0.3, 0.4) is 0 Å². The number of phenols is 1. The number of fused-ring (bicyclic) bond motifs is 3. The monoisotopic (exact) mass is 420 g/mol. The quantitative estimate of drug-likeness (QED) is 0.644.